The fourth-order valence-electron chi connectivity index (χ4n) is 3.91. The van der Waals surface area contributed by atoms with E-state index in [1.54, 1.807) is 30.3 Å². The number of hydrogen-bond donors (Lipinski definition) is 3. The van der Waals surface area contributed by atoms with Crippen molar-refractivity contribution in [3.05, 3.63) is 65.0 Å². The number of hydrogen-bond acceptors (Lipinski definition) is 5. The first kappa shape index (κ1) is 22.4. The van der Waals surface area contributed by atoms with Gasteiger partial charge in [0.05, 0.1) is 36.0 Å². The molecule has 0 unspecified atom stereocenters. The molecule has 0 saturated carbocycles. The van der Waals surface area contributed by atoms with Gasteiger partial charge in [-0.15, -0.1) is 12.4 Å². The summed E-state index contributed by atoms with van der Waals surface area (Å²) in [5.74, 6) is -0.340. The van der Waals surface area contributed by atoms with E-state index in [0.29, 0.717) is 29.3 Å². The van der Waals surface area contributed by atoms with Crippen LogP contribution in [0.15, 0.2) is 53.6 Å². The van der Waals surface area contributed by atoms with E-state index < -0.39 is 12.2 Å². The van der Waals surface area contributed by atoms with Crippen LogP contribution in [0, 0.1) is 5.82 Å². The summed E-state index contributed by atoms with van der Waals surface area (Å²) in [6.45, 7) is 0.908. The monoisotopic (exact) mass is 433 g/mol. The Morgan fingerprint density at radius 2 is 2.03 bits per heavy atom. The van der Waals surface area contributed by atoms with E-state index in [-0.39, 0.29) is 36.4 Å². The van der Waals surface area contributed by atoms with E-state index >= 15 is 0 Å². The normalized spacial score (nSPS) is 20.0. The van der Waals surface area contributed by atoms with Gasteiger partial charge in [0.1, 0.15) is 5.82 Å². The summed E-state index contributed by atoms with van der Waals surface area (Å²) >= 11 is 0. The third-order valence-corrected chi connectivity index (χ3v) is 5.46. The van der Waals surface area contributed by atoms with Crippen LogP contribution in [0.3, 0.4) is 0 Å². The van der Waals surface area contributed by atoms with Crippen LogP contribution in [0.1, 0.15) is 19.3 Å². The molecular formula is C22H25ClFN3O3. The molecule has 1 aliphatic heterocycles. The van der Waals surface area contributed by atoms with Gasteiger partial charge in [-0.2, -0.15) is 0 Å². The number of aliphatic hydroxyl groups excluding tert-OH is 2. The maximum atomic E-state index is 13.5. The number of aromatic nitrogens is 2. The Bertz CT molecular complexity index is 1070. The van der Waals surface area contributed by atoms with Crippen molar-refractivity contribution >= 4 is 23.3 Å². The van der Waals surface area contributed by atoms with Gasteiger partial charge in [0.25, 0.3) is 5.56 Å². The average molecular weight is 434 g/mol. The van der Waals surface area contributed by atoms with E-state index in [9.17, 15) is 19.4 Å². The topological polar surface area (TPSA) is 87.4 Å². The molecule has 30 heavy (non-hydrogen) atoms. The summed E-state index contributed by atoms with van der Waals surface area (Å²) in [6, 6.07) is 11.3. The second-order valence-electron chi connectivity index (χ2n) is 7.60. The molecule has 1 fully saturated rings. The van der Waals surface area contributed by atoms with Crippen molar-refractivity contribution in [2.75, 3.05) is 6.54 Å². The highest BCUT2D eigenvalue weighted by atomic mass is 35.5. The fourth-order valence-corrected chi connectivity index (χ4v) is 3.91. The lowest BCUT2D eigenvalue weighted by molar-refractivity contribution is 0.0539. The van der Waals surface area contributed by atoms with E-state index in [1.165, 1.54) is 23.0 Å². The Hall–Kier alpha value is -2.32. The SMILES string of the molecule is Cl.O=c1c2cc(-c3cccc(F)c3)ccc2ncn1C[C@@H](O)C[C@H]1NCCC[C@@H]1O. The third kappa shape index (κ3) is 4.87. The second-order valence-corrected chi connectivity index (χ2v) is 7.60. The summed E-state index contributed by atoms with van der Waals surface area (Å²) < 4.78 is 14.9. The van der Waals surface area contributed by atoms with Gasteiger partial charge < -0.3 is 15.5 Å². The molecule has 1 aromatic heterocycles. The van der Waals surface area contributed by atoms with E-state index in [2.05, 4.69) is 10.3 Å². The molecule has 1 saturated heterocycles. The quantitative estimate of drug-likeness (QED) is 0.575. The largest absolute Gasteiger partial charge is 0.392 e. The molecule has 0 aliphatic carbocycles. The van der Waals surface area contributed by atoms with Gasteiger partial charge in [0, 0.05) is 6.04 Å². The van der Waals surface area contributed by atoms with Crippen molar-refractivity contribution in [2.24, 2.45) is 0 Å². The van der Waals surface area contributed by atoms with Crippen molar-refractivity contribution in [1.29, 1.82) is 0 Å². The number of nitrogens with zero attached hydrogens (tertiary/aromatic N) is 2. The average Bonchev–Trinajstić information content (AvgIpc) is 2.72. The minimum absolute atomic E-state index is 0. The lowest BCUT2D eigenvalue weighted by Crippen LogP contribution is -2.47. The Labute approximate surface area is 179 Å². The van der Waals surface area contributed by atoms with Crippen molar-refractivity contribution in [3.63, 3.8) is 0 Å². The summed E-state index contributed by atoms with van der Waals surface area (Å²) in [6.07, 6.45) is 2.14. The van der Waals surface area contributed by atoms with Crippen LogP contribution in [-0.2, 0) is 6.54 Å². The zero-order valence-electron chi connectivity index (χ0n) is 16.4. The van der Waals surface area contributed by atoms with Gasteiger partial charge in [-0.3, -0.25) is 9.36 Å². The van der Waals surface area contributed by atoms with Gasteiger partial charge >= 0.3 is 0 Å². The van der Waals surface area contributed by atoms with Crippen LogP contribution < -0.4 is 10.9 Å². The van der Waals surface area contributed by atoms with E-state index in [0.717, 1.165) is 18.5 Å². The van der Waals surface area contributed by atoms with Gasteiger partial charge in [-0.25, -0.2) is 9.37 Å². The predicted molar refractivity (Wildman–Crippen MR) is 116 cm³/mol. The molecule has 3 N–H and O–H groups in total. The molecule has 1 aliphatic rings. The van der Waals surface area contributed by atoms with Crippen LogP contribution in [0.25, 0.3) is 22.0 Å². The summed E-state index contributed by atoms with van der Waals surface area (Å²) in [7, 11) is 0. The Balaban J connectivity index is 0.00000256. The maximum Gasteiger partial charge on any atom is 0.261 e. The van der Waals surface area contributed by atoms with Crippen molar-refractivity contribution in [1.82, 2.24) is 14.9 Å². The van der Waals surface area contributed by atoms with Crippen LogP contribution in [0.4, 0.5) is 4.39 Å². The minimum Gasteiger partial charge on any atom is -0.392 e. The van der Waals surface area contributed by atoms with Crippen molar-refractivity contribution in [2.45, 2.75) is 44.1 Å². The first-order valence-corrected chi connectivity index (χ1v) is 9.86. The molecule has 0 amide bonds. The standard InChI is InChI=1S/C22H24FN3O3.ClH/c23-16-4-1-3-14(9-16)15-6-7-19-18(10-15)22(29)26(13-25-19)12-17(27)11-20-21(28)5-2-8-24-20;/h1,3-4,6-7,9-10,13,17,20-21,24,27-28H,2,5,8,11-12H2;1H/t17-,20+,21-;/m0./s1. The van der Waals surface area contributed by atoms with E-state index in [4.69, 9.17) is 0 Å². The molecule has 160 valence electrons. The predicted octanol–water partition coefficient (Wildman–Crippen LogP) is 2.49. The lowest BCUT2D eigenvalue weighted by Gasteiger charge is -2.30. The number of piperidine rings is 1. The van der Waals surface area contributed by atoms with Gasteiger partial charge in [0.15, 0.2) is 0 Å². The number of nitrogens with one attached hydrogen (secondary N) is 1. The highest BCUT2D eigenvalue weighted by molar-refractivity contribution is 5.85. The van der Waals surface area contributed by atoms with Crippen molar-refractivity contribution in [3.8, 4) is 11.1 Å². The van der Waals surface area contributed by atoms with Crippen LogP contribution in [-0.4, -0.2) is 44.6 Å². The molecule has 3 atom stereocenters. The second kappa shape index (κ2) is 9.66. The van der Waals surface area contributed by atoms with Gasteiger partial charge in [-0.05, 0) is 61.2 Å². The smallest absolute Gasteiger partial charge is 0.261 e. The van der Waals surface area contributed by atoms with Crippen molar-refractivity contribution < 1.29 is 14.6 Å². The molecule has 3 aromatic rings. The number of fused-ring (bicyclic) bond motifs is 1. The molecule has 0 bridgehead atoms. The molecular weight excluding hydrogens is 409 g/mol. The minimum atomic E-state index is -0.788. The Morgan fingerprint density at radius 1 is 1.23 bits per heavy atom. The number of aliphatic hydroxyl groups is 2. The number of halogens is 2. The van der Waals surface area contributed by atoms with Crippen LogP contribution in [0.2, 0.25) is 0 Å². The highest BCUT2D eigenvalue weighted by Crippen LogP contribution is 2.23. The summed E-state index contributed by atoms with van der Waals surface area (Å²) in [5.41, 5.74) is 1.69. The lowest BCUT2D eigenvalue weighted by atomic mass is 9.96. The highest BCUT2D eigenvalue weighted by Gasteiger charge is 2.25. The molecule has 0 spiro atoms. The zero-order chi connectivity index (χ0) is 20.4. The van der Waals surface area contributed by atoms with Crippen LogP contribution in [0.5, 0.6) is 0 Å². The molecule has 2 heterocycles. The number of rotatable bonds is 5. The van der Waals surface area contributed by atoms with Crippen LogP contribution >= 0.6 is 12.4 Å². The Kier molecular flexibility index (Phi) is 7.20. The molecule has 2 aromatic carbocycles. The summed E-state index contributed by atoms with van der Waals surface area (Å²) in [5, 5.41) is 24.1. The Morgan fingerprint density at radius 3 is 2.80 bits per heavy atom. The van der Waals surface area contributed by atoms with Gasteiger partial charge in [0.2, 0.25) is 0 Å². The first-order chi connectivity index (χ1) is 14.0. The first-order valence-electron chi connectivity index (χ1n) is 9.86. The molecule has 8 heteroatoms. The van der Waals surface area contributed by atoms with E-state index in [1.807, 2.05) is 0 Å². The summed E-state index contributed by atoms with van der Waals surface area (Å²) in [4.78, 5) is 17.3. The molecule has 0 radical (unpaired) electrons. The molecule has 6 nitrogen and oxygen atoms in total. The van der Waals surface area contributed by atoms with Gasteiger partial charge in [-0.1, -0.05) is 18.2 Å². The maximum absolute atomic E-state index is 13.5. The third-order valence-electron chi connectivity index (χ3n) is 5.46. The fraction of sp³-hybridized carbons (Fsp3) is 0.364. The molecule has 4 rings (SSSR count). The zero-order valence-corrected chi connectivity index (χ0v) is 17.2. The number of benzene rings is 2.